The normalized spacial score (nSPS) is 11.4. The van der Waals surface area contributed by atoms with Gasteiger partial charge in [0.25, 0.3) is 0 Å². The molecule has 0 heterocycles. The predicted molar refractivity (Wildman–Crippen MR) is 60.6 cm³/mol. The van der Waals surface area contributed by atoms with Crippen molar-refractivity contribution in [3.05, 3.63) is 35.9 Å². The van der Waals surface area contributed by atoms with Crippen LogP contribution in [0.2, 0.25) is 0 Å². The quantitative estimate of drug-likeness (QED) is 0.592. The van der Waals surface area contributed by atoms with Crippen molar-refractivity contribution in [1.29, 1.82) is 0 Å². The van der Waals surface area contributed by atoms with E-state index in [1.54, 1.807) is 0 Å². The molecule has 0 fully saturated rings. The number of hydrogen-bond acceptors (Lipinski definition) is 0. The first-order chi connectivity index (χ1) is 5.96. The van der Waals surface area contributed by atoms with Crippen LogP contribution in [-0.4, -0.2) is 10.2 Å². The second-order valence-electron chi connectivity index (χ2n) is 4.22. The SMILES string of the molecule is C=Cc1cccc(C(C)(C)C)c1[Si]. The summed E-state index contributed by atoms with van der Waals surface area (Å²) in [6.45, 7) is 10.4. The van der Waals surface area contributed by atoms with Crippen molar-refractivity contribution >= 4 is 21.5 Å². The van der Waals surface area contributed by atoms with E-state index in [0.717, 1.165) is 10.8 Å². The van der Waals surface area contributed by atoms with Gasteiger partial charge >= 0.3 is 0 Å². The lowest BCUT2D eigenvalue weighted by molar-refractivity contribution is 0.594. The fourth-order valence-electron chi connectivity index (χ4n) is 1.37. The van der Waals surface area contributed by atoms with Gasteiger partial charge in [-0.25, -0.2) is 0 Å². The van der Waals surface area contributed by atoms with Gasteiger partial charge in [0.1, 0.15) is 0 Å². The van der Waals surface area contributed by atoms with Gasteiger partial charge in [0.05, 0.1) is 10.2 Å². The summed E-state index contributed by atoms with van der Waals surface area (Å²) >= 11 is 0. The van der Waals surface area contributed by atoms with E-state index in [4.69, 9.17) is 0 Å². The highest BCUT2D eigenvalue weighted by atomic mass is 28.1. The van der Waals surface area contributed by atoms with Gasteiger partial charge in [-0.2, -0.15) is 0 Å². The smallest absolute Gasteiger partial charge is 0.0724 e. The van der Waals surface area contributed by atoms with Gasteiger partial charge in [0.15, 0.2) is 0 Å². The molecule has 1 aromatic carbocycles. The van der Waals surface area contributed by atoms with Crippen molar-refractivity contribution in [2.24, 2.45) is 0 Å². The average molecular weight is 187 g/mol. The maximum atomic E-state index is 3.78. The second kappa shape index (κ2) is 3.50. The van der Waals surface area contributed by atoms with E-state index in [1.165, 1.54) is 5.56 Å². The molecule has 0 bridgehead atoms. The summed E-state index contributed by atoms with van der Waals surface area (Å²) in [5.74, 6) is 0. The van der Waals surface area contributed by atoms with Crippen molar-refractivity contribution in [3.63, 3.8) is 0 Å². The van der Waals surface area contributed by atoms with Gasteiger partial charge < -0.3 is 0 Å². The molecule has 0 aromatic heterocycles. The highest BCUT2D eigenvalue weighted by Crippen LogP contribution is 2.20. The maximum absolute atomic E-state index is 3.78. The minimum absolute atomic E-state index is 0.177. The van der Waals surface area contributed by atoms with Crippen LogP contribution in [-0.2, 0) is 5.41 Å². The van der Waals surface area contributed by atoms with E-state index in [2.05, 4.69) is 55.8 Å². The molecule has 0 unspecified atom stereocenters. The van der Waals surface area contributed by atoms with Crippen LogP contribution < -0.4 is 5.19 Å². The van der Waals surface area contributed by atoms with Gasteiger partial charge in [0, 0.05) is 0 Å². The molecule has 0 aliphatic heterocycles. The molecule has 0 saturated heterocycles. The second-order valence-corrected chi connectivity index (χ2v) is 4.72. The highest BCUT2D eigenvalue weighted by Gasteiger charge is 2.16. The molecule has 0 amide bonds. The van der Waals surface area contributed by atoms with Crippen molar-refractivity contribution in [2.75, 3.05) is 0 Å². The van der Waals surface area contributed by atoms with Crippen molar-refractivity contribution in [1.82, 2.24) is 0 Å². The molecule has 0 aliphatic rings. The Labute approximate surface area is 84.1 Å². The number of rotatable bonds is 1. The van der Waals surface area contributed by atoms with Crippen LogP contribution in [0.4, 0.5) is 0 Å². The van der Waals surface area contributed by atoms with Gasteiger partial charge in [-0.15, -0.1) is 0 Å². The molecule has 1 aromatic rings. The molecule has 0 N–H and O–H groups in total. The first-order valence-corrected chi connectivity index (χ1v) is 4.94. The summed E-state index contributed by atoms with van der Waals surface area (Å²) in [7, 11) is 3.66. The van der Waals surface area contributed by atoms with E-state index < -0.39 is 0 Å². The zero-order valence-electron chi connectivity index (χ0n) is 8.52. The van der Waals surface area contributed by atoms with Crippen LogP contribution >= 0.6 is 0 Å². The van der Waals surface area contributed by atoms with E-state index in [-0.39, 0.29) is 5.41 Å². The lowest BCUT2D eigenvalue weighted by atomic mass is 9.86. The molecule has 1 heteroatoms. The maximum Gasteiger partial charge on any atom is 0.0724 e. The molecule has 0 atom stereocenters. The Balaban J connectivity index is 3.32. The van der Waals surface area contributed by atoms with Crippen LogP contribution in [0.5, 0.6) is 0 Å². The number of benzene rings is 1. The summed E-state index contributed by atoms with van der Waals surface area (Å²) < 4.78 is 0. The molecular weight excluding hydrogens is 172 g/mol. The Kier molecular flexibility index (Phi) is 2.76. The highest BCUT2D eigenvalue weighted by molar-refractivity contribution is 6.35. The first kappa shape index (κ1) is 10.3. The van der Waals surface area contributed by atoms with Gasteiger partial charge in [-0.1, -0.05) is 56.8 Å². The third-order valence-electron chi connectivity index (χ3n) is 2.12. The summed E-state index contributed by atoms with van der Waals surface area (Å²) in [6.07, 6.45) is 1.87. The fraction of sp³-hybridized carbons (Fsp3) is 0.333. The van der Waals surface area contributed by atoms with Crippen LogP contribution in [0.3, 0.4) is 0 Å². The number of hydrogen-bond donors (Lipinski definition) is 0. The average Bonchev–Trinajstić information content (AvgIpc) is 2.02. The molecular formula is C12H15Si. The molecule has 1 rings (SSSR count). The summed E-state index contributed by atoms with van der Waals surface area (Å²) in [4.78, 5) is 0. The van der Waals surface area contributed by atoms with Crippen molar-refractivity contribution < 1.29 is 0 Å². The fourth-order valence-corrected chi connectivity index (χ4v) is 2.01. The third-order valence-corrected chi connectivity index (χ3v) is 2.68. The Morgan fingerprint density at radius 3 is 2.38 bits per heavy atom. The molecule has 0 spiro atoms. The standard InChI is InChI=1S/C12H15Si/c1-5-9-7-6-8-10(11(9)13)12(2,3)4/h5-8H,1H2,2-4H3. The zero-order valence-corrected chi connectivity index (χ0v) is 9.52. The minimum atomic E-state index is 0.177. The van der Waals surface area contributed by atoms with Crippen LogP contribution in [0.15, 0.2) is 24.8 Å². The Morgan fingerprint density at radius 2 is 1.92 bits per heavy atom. The molecule has 0 aliphatic carbocycles. The van der Waals surface area contributed by atoms with Gasteiger partial charge in [-0.05, 0) is 16.5 Å². The molecule has 13 heavy (non-hydrogen) atoms. The Hall–Kier alpha value is -0.823. The van der Waals surface area contributed by atoms with Crippen molar-refractivity contribution in [2.45, 2.75) is 26.2 Å². The zero-order chi connectivity index (χ0) is 10.1. The lowest BCUT2D eigenvalue weighted by Crippen LogP contribution is -2.24. The van der Waals surface area contributed by atoms with E-state index >= 15 is 0 Å². The summed E-state index contributed by atoms with van der Waals surface area (Å²) in [5, 5.41) is 1.16. The minimum Gasteiger partial charge on any atom is -0.0985 e. The Bertz CT molecular complexity index is 318. The lowest BCUT2D eigenvalue weighted by Gasteiger charge is -2.22. The van der Waals surface area contributed by atoms with E-state index in [9.17, 15) is 0 Å². The van der Waals surface area contributed by atoms with Crippen LogP contribution in [0.25, 0.3) is 6.08 Å². The van der Waals surface area contributed by atoms with E-state index in [0.29, 0.717) is 0 Å². The Morgan fingerprint density at radius 1 is 1.31 bits per heavy atom. The monoisotopic (exact) mass is 187 g/mol. The molecule has 0 saturated carbocycles. The predicted octanol–water partition coefficient (Wildman–Crippen LogP) is 2.42. The van der Waals surface area contributed by atoms with Gasteiger partial charge in [0.2, 0.25) is 0 Å². The summed E-state index contributed by atoms with van der Waals surface area (Å²) in [5.41, 5.74) is 2.65. The largest absolute Gasteiger partial charge is 0.0985 e. The van der Waals surface area contributed by atoms with Crippen molar-refractivity contribution in [3.8, 4) is 0 Å². The molecule has 0 nitrogen and oxygen atoms in total. The van der Waals surface area contributed by atoms with Gasteiger partial charge in [-0.3, -0.25) is 0 Å². The summed E-state index contributed by atoms with van der Waals surface area (Å²) in [6, 6.07) is 6.28. The van der Waals surface area contributed by atoms with E-state index in [1.807, 2.05) is 6.08 Å². The molecule has 3 radical (unpaired) electrons. The topological polar surface area (TPSA) is 0 Å². The molecule has 67 valence electrons. The van der Waals surface area contributed by atoms with Crippen LogP contribution in [0.1, 0.15) is 31.9 Å². The third kappa shape index (κ3) is 2.10. The first-order valence-electron chi connectivity index (χ1n) is 4.44. The van der Waals surface area contributed by atoms with Crippen LogP contribution in [0, 0.1) is 0 Å².